The number of amides is 2. The predicted octanol–water partition coefficient (Wildman–Crippen LogP) is 0.647. The summed E-state index contributed by atoms with van der Waals surface area (Å²) in [4.78, 5) is 25.2. The molecule has 0 aromatic carbocycles. The lowest BCUT2D eigenvalue weighted by Crippen LogP contribution is -2.44. The van der Waals surface area contributed by atoms with Crippen molar-refractivity contribution in [2.24, 2.45) is 0 Å². The molecule has 0 aromatic heterocycles. The Morgan fingerprint density at radius 1 is 1.47 bits per heavy atom. The molecule has 0 radical (unpaired) electrons. The summed E-state index contributed by atoms with van der Waals surface area (Å²) in [5.74, 6) is -1.04. The number of nitrogens with zero attached hydrogens (tertiary/aromatic N) is 2. The number of ether oxygens (including phenoxy) is 1. The maximum absolute atomic E-state index is 11.9. The van der Waals surface area contributed by atoms with Gasteiger partial charge in [-0.15, -0.1) is 6.58 Å². The monoisotopic (exact) mass is 244 g/mol. The minimum atomic E-state index is -1.04. The lowest BCUT2D eigenvalue weighted by Gasteiger charge is -2.26. The van der Waals surface area contributed by atoms with E-state index in [0.29, 0.717) is 19.6 Å². The van der Waals surface area contributed by atoms with Crippen molar-refractivity contribution >= 4 is 12.0 Å². The Morgan fingerprint density at radius 3 is 2.59 bits per heavy atom. The van der Waals surface area contributed by atoms with Crippen LogP contribution >= 0.6 is 0 Å². The fraction of sp³-hybridized carbons (Fsp3) is 0.636. The highest BCUT2D eigenvalue weighted by molar-refractivity contribution is 5.80. The van der Waals surface area contributed by atoms with Crippen LogP contribution in [0.25, 0.3) is 0 Å². The van der Waals surface area contributed by atoms with E-state index < -0.39 is 5.97 Å². The number of aliphatic carboxylic acids is 1. The molecular formula is C11H20N2O4. The van der Waals surface area contributed by atoms with Crippen LogP contribution in [0.5, 0.6) is 0 Å². The zero-order valence-corrected chi connectivity index (χ0v) is 10.4. The van der Waals surface area contributed by atoms with E-state index in [-0.39, 0.29) is 19.1 Å². The van der Waals surface area contributed by atoms with Gasteiger partial charge < -0.3 is 19.6 Å². The quantitative estimate of drug-likeness (QED) is 0.502. The smallest absolute Gasteiger partial charge is 0.323 e. The van der Waals surface area contributed by atoms with Crippen LogP contribution in [-0.2, 0) is 9.53 Å². The van der Waals surface area contributed by atoms with Gasteiger partial charge in [-0.1, -0.05) is 6.08 Å². The Morgan fingerprint density at radius 2 is 2.12 bits per heavy atom. The molecule has 98 valence electrons. The number of carboxylic acids is 1. The Bertz CT molecular complexity index is 268. The number of carbonyl (C=O) groups excluding carboxylic acids is 1. The fourth-order valence-electron chi connectivity index (χ4n) is 1.31. The third-order valence-corrected chi connectivity index (χ3v) is 2.11. The van der Waals surface area contributed by atoms with Gasteiger partial charge >= 0.3 is 12.0 Å². The molecule has 0 aliphatic heterocycles. The standard InChI is InChI=1S/C11H20N2O4/c1-4-6-13(9-10(14)15)11(16)12(2)7-5-8-17-3/h4H,1,5-9H2,2-3H3,(H,14,15). The summed E-state index contributed by atoms with van der Waals surface area (Å²) in [6.45, 7) is 4.50. The van der Waals surface area contributed by atoms with Gasteiger partial charge in [0.2, 0.25) is 0 Å². The molecule has 1 N–H and O–H groups in total. The van der Waals surface area contributed by atoms with Crippen LogP contribution in [0.3, 0.4) is 0 Å². The minimum Gasteiger partial charge on any atom is -0.480 e. The van der Waals surface area contributed by atoms with Crippen molar-refractivity contribution in [1.82, 2.24) is 9.80 Å². The number of carboxylic acid groups (broad SMARTS) is 1. The number of hydrogen-bond acceptors (Lipinski definition) is 3. The number of urea groups is 1. The second-order valence-electron chi connectivity index (χ2n) is 3.61. The van der Waals surface area contributed by atoms with Gasteiger partial charge in [0.05, 0.1) is 0 Å². The van der Waals surface area contributed by atoms with Crippen molar-refractivity contribution in [2.75, 3.05) is 40.4 Å². The molecule has 6 nitrogen and oxygen atoms in total. The van der Waals surface area contributed by atoms with E-state index >= 15 is 0 Å². The first-order valence-electron chi connectivity index (χ1n) is 5.34. The average Bonchev–Trinajstić information content (AvgIpc) is 2.27. The summed E-state index contributed by atoms with van der Waals surface area (Å²) in [7, 11) is 3.23. The van der Waals surface area contributed by atoms with E-state index in [2.05, 4.69) is 6.58 Å². The molecule has 0 rings (SSSR count). The van der Waals surface area contributed by atoms with Gasteiger partial charge in [-0.05, 0) is 6.42 Å². The average molecular weight is 244 g/mol. The first-order valence-corrected chi connectivity index (χ1v) is 5.34. The summed E-state index contributed by atoms with van der Waals surface area (Å²) in [6, 6.07) is -0.316. The van der Waals surface area contributed by atoms with Crippen molar-refractivity contribution in [3.8, 4) is 0 Å². The number of methoxy groups -OCH3 is 1. The second-order valence-corrected chi connectivity index (χ2v) is 3.61. The van der Waals surface area contributed by atoms with Crippen LogP contribution in [0.1, 0.15) is 6.42 Å². The Kier molecular flexibility index (Phi) is 7.79. The van der Waals surface area contributed by atoms with Crippen LogP contribution in [0.4, 0.5) is 4.79 Å². The molecule has 6 heteroatoms. The van der Waals surface area contributed by atoms with Crippen LogP contribution in [0.15, 0.2) is 12.7 Å². The van der Waals surface area contributed by atoms with Gasteiger partial charge in [0.25, 0.3) is 0 Å². The largest absolute Gasteiger partial charge is 0.480 e. The van der Waals surface area contributed by atoms with Crippen LogP contribution in [0, 0.1) is 0 Å². The van der Waals surface area contributed by atoms with Gasteiger partial charge in [-0.25, -0.2) is 4.79 Å². The van der Waals surface area contributed by atoms with E-state index in [1.54, 1.807) is 14.2 Å². The molecule has 0 spiro atoms. The normalized spacial score (nSPS) is 9.76. The third-order valence-electron chi connectivity index (χ3n) is 2.11. The van der Waals surface area contributed by atoms with Crippen molar-refractivity contribution in [3.63, 3.8) is 0 Å². The topological polar surface area (TPSA) is 70.1 Å². The molecule has 0 saturated heterocycles. The second kappa shape index (κ2) is 8.58. The third kappa shape index (κ3) is 6.57. The van der Waals surface area contributed by atoms with Gasteiger partial charge in [0.15, 0.2) is 0 Å². The molecule has 0 fully saturated rings. The zero-order chi connectivity index (χ0) is 13.3. The summed E-state index contributed by atoms with van der Waals surface area (Å²) >= 11 is 0. The number of rotatable bonds is 8. The highest BCUT2D eigenvalue weighted by Crippen LogP contribution is 1.99. The summed E-state index contributed by atoms with van der Waals surface area (Å²) in [6.07, 6.45) is 2.22. The van der Waals surface area contributed by atoms with E-state index in [1.165, 1.54) is 15.9 Å². The number of hydrogen-bond donors (Lipinski definition) is 1. The van der Waals surface area contributed by atoms with E-state index in [1.807, 2.05) is 0 Å². The molecule has 0 saturated carbocycles. The van der Waals surface area contributed by atoms with E-state index in [9.17, 15) is 9.59 Å². The number of carbonyl (C=O) groups is 2. The molecule has 0 aromatic rings. The summed E-state index contributed by atoms with van der Waals surface area (Å²) < 4.78 is 4.88. The first-order chi connectivity index (χ1) is 8.02. The van der Waals surface area contributed by atoms with E-state index in [0.717, 1.165) is 0 Å². The maximum Gasteiger partial charge on any atom is 0.323 e. The lowest BCUT2D eigenvalue weighted by atomic mass is 10.4. The van der Waals surface area contributed by atoms with Crippen LogP contribution in [-0.4, -0.2) is 67.3 Å². The van der Waals surface area contributed by atoms with Crippen molar-refractivity contribution in [3.05, 3.63) is 12.7 Å². The van der Waals surface area contributed by atoms with Gasteiger partial charge in [0, 0.05) is 33.9 Å². The predicted molar refractivity (Wildman–Crippen MR) is 63.9 cm³/mol. The van der Waals surface area contributed by atoms with Crippen molar-refractivity contribution in [1.29, 1.82) is 0 Å². The van der Waals surface area contributed by atoms with Gasteiger partial charge in [-0.3, -0.25) is 4.79 Å². The summed E-state index contributed by atoms with van der Waals surface area (Å²) in [5, 5.41) is 8.69. The SMILES string of the molecule is C=CCN(CC(=O)O)C(=O)N(C)CCCOC. The summed E-state index contributed by atoms with van der Waals surface area (Å²) in [5.41, 5.74) is 0. The Hall–Kier alpha value is -1.56. The lowest BCUT2D eigenvalue weighted by molar-refractivity contribution is -0.137. The molecule has 0 unspecified atom stereocenters. The molecular weight excluding hydrogens is 224 g/mol. The van der Waals surface area contributed by atoms with Crippen LogP contribution < -0.4 is 0 Å². The van der Waals surface area contributed by atoms with Gasteiger partial charge in [0.1, 0.15) is 6.54 Å². The fourth-order valence-corrected chi connectivity index (χ4v) is 1.31. The highest BCUT2D eigenvalue weighted by Gasteiger charge is 2.18. The van der Waals surface area contributed by atoms with Crippen molar-refractivity contribution < 1.29 is 19.4 Å². The van der Waals surface area contributed by atoms with Gasteiger partial charge in [-0.2, -0.15) is 0 Å². The molecule has 0 atom stereocenters. The first kappa shape index (κ1) is 15.4. The minimum absolute atomic E-state index is 0.222. The van der Waals surface area contributed by atoms with Crippen LogP contribution in [0.2, 0.25) is 0 Å². The van der Waals surface area contributed by atoms with Crippen molar-refractivity contribution in [2.45, 2.75) is 6.42 Å². The Labute approximate surface area is 101 Å². The molecule has 0 bridgehead atoms. The van der Waals surface area contributed by atoms with E-state index in [4.69, 9.17) is 9.84 Å². The molecule has 17 heavy (non-hydrogen) atoms. The highest BCUT2D eigenvalue weighted by atomic mass is 16.5. The molecule has 0 aliphatic carbocycles. The molecule has 0 aliphatic rings. The molecule has 2 amide bonds. The maximum atomic E-state index is 11.9. The molecule has 0 heterocycles. The zero-order valence-electron chi connectivity index (χ0n) is 10.4. The Balaban J connectivity index is 4.27.